The van der Waals surface area contributed by atoms with Crippen LogP contribution in [-0.4, -0.2) is 13.1 Å². The minimum Gasteiger partial charge on any atom is -0.465 e. The molecule has 1 aliphatic carbocycles. The van der Waals surface area contributed by atoms with E-state index in [0.717, 1.165) is 0 Å². The second-order valence-corrected chi connectivity index (χ2v) is 3.17. The molecule has 1 radical (unpaired) electrons. The number of methoxy groups -OCH3 is 1. The summed E-state index contributed by atoms with van der Waals surface area (Å²) in [4.78, 5) is 11.1. The highest BCUT2D eigenvalue weighted by Gasteiger charge is 2.24. The Balaban J connectivity index is 2.17. The molecule has 1 aliphatic rings. The van der Waals surface area contributed by atoms with Gasteiger partial charge in [0.05, 0.1) is 12.7 Å². The first kappa shape index (κ1) is 8.30. The molecule has 1 aromatic carbocycles. The van der Waals surface area contributed by atoms with E-state index in [4.69, 9.17) is 0 Å². The average molecular weight is 175 g/mol. The van der Waals surface area contributed by atoms with E-state index in [9.17, 15) is 4.79 Å². The Bertz CT molecular complexity index is 309. The molecule has 2 nitrogen and oxygen atoms in total. The molecule has 13 heavy (non-hydrogen) atoms. The second kappa shape index (κ2) is 3.21. The average Bonchev–Trinajstić information content (AvgIpc) is 3.00. The third-order valence-electron chi connectivity index (χ3n) is 2.21. The van der Waals surface area contributed by atoms with Crippen LogP contribution in [0.5, 0.6) is 0 Å². The lowest BCUT2D eigenvalue weighted by molar-refractivity contribution is 0.0601. The Hall–Kier alpha value is -1.31. The zero-order valence-electron chi connectivity index (χ0n) is 7.54. The van der Waals surface area contributed by atoms with Crippen LogP contribution in [0.15, 0.2) is 24.3 Å². The minimum atomic E-state index is -0.271. The summed E-state index contributed by atoms with van der Waals surface area (Å²) >= 11 is 0. The summed E-state index contributed by atoms with van der Waals surface area (Å²) in [5.41, 5.74) is 1.88. The molecule has 0 spiro atoms. The summed E-state index contributed by atoms with van der Waals surface area (Å²) in [6.45, 7) is 0. The van der Waals surface area contributed by atoms with Gasteiger partial charge in [-0.2, -0.15) is 0 Å². The van der Waals surface area contributed by atoms with Gasteiger partial charge in [0.15, 0.2) is 0 Å². The standard InChI is InChI=1S/C11H11O2/c1-13-11(12)10-6-4-9(5-7-10)8-2-3-8/h4-7H,2-3H2,1H3. The molecule has 1 aromatic rings. The van der Waals surface area contributed by atoms with E-state index < -0.39 is 0 Å². The minimum absolute atomic E-state index is 0.271. The predicted molar refractivity (Wildman–Crippen MR) is 49.4 cm³/mol. The number of rotatable bonds is 2. The summed E-state index contributed by atoms with van der Waals surface area (Å²) in [6.07, 6.45) is 2.41. The molecule has 2 heteroatoms. The number of hydrogen-bond donors (Lipinski definition) is 0. The molecule has 0 heterocycles. The largest absolute Gasteiger partial charge is 0.465 e. The maximum Gasteiger partial charge on any atom is 0.337 e. The first-order valence-corrected chi connectivity index (χ1v) is 4.34. The van der Waals surface area contributed by atoms with Gasteiger partial charge in [-0.05, 0) is 30.5 Å². The molecular formula is C11H11O2. The first-order valence-electron chi connectivity index (χ1n) is 4.34. The van der Waals surface area contributed by atoms with Crippen molar-refractivity contribution in [1.82, 2.24) is 0 Å². The third kappa shape index (κ3) is 1.72. The van der Waals surface area contributed by atoms with Crippen LogP contribution < -0.4 is 0 Å². The SMILES string of the molecule is COC(=O)c1ccc([C]2CC2)cc1. The van der Waals surface area contributed by atoms with Gasteiger partial charge in [-0.25, -0.2) is 4.79 Å². The fraction of sp³-hybridized carbons (Fsp3) is 0.273. The molecule has 0 aromatic heterocycles. The second-order valence-electron chi connectivity index (χ2n) is 3.17. The lowest BCUT2D eigenvalue weighted by atomic mass is 10.1. The van der Waals surface area contributed by atoms with Gasteiger partial charge >= 0.3 is 5.97 Å². The molecule has 0 aliphatic heterocycles. The Morgan fingerprint density at radius 1 is 1.23 bits per heavy atom. The maximum absolute atomic E-state index is 11.1. The molecule has 0 N–H and O–H groups in total. The van der Waals surface area contributed by atoms with E-state index in [1.807, 2.05) is 24.3 Å². The lowest BCUT2D eigenvalue weighted by Gasteiger charge is -2.00. The van der Waals surface area contributed by atoms with Crippen LogP contribution in [0.3, 0.4) is 0 Å². The Labute approximate surface area is 77.5 Å². The zero-order valence-corrected chi connectivity index (χ0v) is 7.54. The lowest BCUT2D eigenvalue weighted by Crippen LogP contribution is -2.00. The molecule has 0 amide bonds. The van der Waals surface area contributed by atoms with Gasteiger partial charge in [-0.15, -0.1) is 0 Å². The quantitative estimate of drug-likeness (QED) is 0.644. The fourth-order valence-corrected chi connectivity index (χ4v) is 1.31. The van der Waals surface area contributed by atoms with Gasteiger partial charge in [0.25, 0.3) is 0 Å². The normalized spacial score (nSPS) is 15.5. The predicted octanol–water partition coefficient (Wildman–Crippen LogP) is 2.19. The molecule has 0 bridgehead atoms. The number of esters is 1. The van der Waals surface area contributed by atoms with Crippen molar-refractivity contribution >= 4 is 5.97 Å². The van der Waals surface area contributed by atoms with Gasteiger partial charge < -0.3 is 4.74 Å². The van der Waals surface area contributed by atoms with Crippen LogP contribution >= 0.6 is 0 Å². The Morgan fingerprint density at radius 3 is 2.31 bits per heavy atom. The third-order valence-corrected chi connectivity index (χ3v) is 2.21. The smallest absolute Gasteiger partial charge is 0.337 e. The fourth-order valence-electron chi connectivity index (χ4n) is 1.31. The molecule has 1 fully saturated rings. The highest BCUT2D eigenvalue weighted by molar-refractivity contribution is 5.89. The monoisotopic (exact) mass is 175 g/mol. The van der Waals surface area contributed by atoms with Gasteiger partial charge in [-0.3, -0.25) is 0 Å². The van der Waals surface area contributed by atoms with Crippen molar-refractivity contribution in [2.75, 3.05) is 7.11 Å². The van der Waals surface area contributed by atoms with Gasteiger partial charge in [0.2, 0.25) is 0 Å². The Kier molecular flexibility index (Phi) is 2.05. The molecule has 0 unspecified atom stereocenters. The van der Waals surface area contributed by atoms with Crippen LogP contribution in [-0.2, 0) is 4.74 Å². The molecule has 1 saturated carbocycles. The molecule has 67 valence electrons. The van der Waals surface area contributed by atoms with Crippen LogP contribution in [0.1, 0.15) is 28.8 Å². The van der Waals surface area contributed by atoms with Crippen molar-refractivity contribution < 1.29 is 9.53 Å². The van der Waals surface area contributed by atoms with Crippen molar-refractivity contribution in [3.05, 3.63) is 41.3 Å². The van der Waals surface area contributed by atoms with Crippen LogP contribution in [0.2, 0.25) is 0 Å². The van der Waals surface area contributed by atoms with E-state index >= 15 is 0 Å². The highest BCUT2D eigenvalue weighted by Crippen LogP contribution is 2.38. The molecule has 2 rings (SSSR count). The van der Waals surface area contributed by atoms with Crippen molar-refractivity contribution in [1.29, 1.82) is 0 Å². The highest BCUT2D eigenvalue weighted by atomic mass is 16.5. The number of carbonyl (C=O) groups is 1. The van der Waals surface area contributed by atoms with E-state index in [-0.39, 0.29) is 5.97 Å². The first-order chi connectivity index (χ1) is 6.31. The van der Waals surface area contributed by atoms with E-state index in [1.54, 1.807) is 0 Å². The van der Waals surface area contributed by atoms with E-state index in [2.05, 4.69) is 4.74 Å². The number of ether oxygens (including phenoxy) is 1. The van der Waals surface area contributed by atoms with Crippen molar-refractivity contribution in [3.63, 3.8) is 0 Å². The zero-order chi connectivity index (χ0) is 9.26. The van der Waals surface area contributed by atoms with Crippen LogP contribution in [0, 0.1) is 5.92 Å². The molecular weight excluding hydrogens is 164 g/mol. The molecule has 0 saturated heterocycles. The van der Waals surface area contributed by atoms with Crippen molar-refractivity contribution in [3.8, 4) is 0 Å². The van der Waals surface area contributed by atoms with Crippen molar-refractivity contribution in [2.24, 2.45) is 0 Å². The topological polar surface area (TPSA) is 26.3 Å². The Morgan fingerprint density at radius 2 is 1.85 bits per heavy atom. The van der Waals surface area contributed by atoms with E-state index in [0.29, 0.717) is 5.56 Å². The number of carbonyl (C=O) groups excluding carboxylic acids is 1. The number of benzene rings is 1. The van der Waals surface area contributed by atoms with Crippen molar-refractivity contribution in [2.45, 2.75) is 12.8 Å². The summed E-state index contributed by atoms with van der Waals surface area (Å²) in [7, 11) is 1.39. The van der Waals surface area contributed by atoms with Gasteiger partial charge in [-0.1, -0.05) is 12.1 Å². The molecule has 0 atom stereocenters. The maximum atomic E-state index is 11.1. The summed E-state index contributed by atoms with van der Waals surface area (Å²) in [6, 6.07) is 7.59. The van der Waals surface area contributed by atoms with Crippen LogP contribution in [0.25, 0.3) is 0 Å². The van der Waals surface area contributed by atoms with Gasteiger partial charge in [0.1, 0.15) is 0 Å². The van der Waals surface area contributed by atoms with E-state index in [1.165, 1.54) is 31.4 Å². The van der Waals surface area contributed by atoms with Gasteiger partial charge in [0, 0.05) is 5.92 Å². The van der Waals surface area contributed by atoms with Crippen LogP contribution in [0.4, 0.5) is 0 Å². The summed E-state index contributed by atoms with van der Waals surface area (Å²) < 4.78 is 4.61. The summed E-state index contributed by atoms with van der Waals surface area (Å²) in [5.74, 6) is 1.21. The summed E-state index contributed by atoms with van der Waals surface area (Å²) in [5, 5.41) is 0. The number of hydrogen-bond acceptors (Lipinski definition) is 2.